The Hall–Kier alpha value is -2.97. The molecule has 2 aromatic rings. The molecule has 162 valence electrons. The number of fused-ring (bicyclic) bond motifs is 1. The molecule has 1 saturated heterocycles. The highest BCUT2D eigenvalue weighted by Gasteiger charge is 2.33. The van der Waals surface area contributed by atoms with Crippen LogP contribution in [0.4, 0.5) is 5.69 Å². The molecule has 2 aliphatic rings. The second-order valence-electron chi connectivity index (χ2n) is 6.67. The van der Waals surface area contributed by atoms with E-state index in [2.05, 4.69) is 4.99 Å². The van der Waals surface area contributed by atoms with E-state index in [0.29, 0.717) is 53.7 Å². The fraction of sp³-hybridized carbons (Fsp3) is 0.304. The first-order valence-corrected chi connectivity index (χ1v) is 11.0. The standard InChI is InChI=1S/C23H24N2O5S/c1-3-27-11-10-25-22(26)21(31-23(25)24-17-8-6-5-7-9-17)13-16-12-19-20(30-15-29-19)14-18(16)28-4-2/h5-9,12-14H,3-4,10-11,15H2,1-2H3/b21-13+,24-23?. The van der Waals surface area contributed by atoms with Crippen LogP contribution in [0.5, 0.6) is 17.2 Å². The summed E-state index contributed by atoms with van der Waals surface area (Å²) in [6, 6.07) is 13.2. The maximum atomic E-state index is 13.2. The highest BCUT2D eigenvalue weighted by Crippen LogP contribution is 2.41. The third-order valence-corrected chi connectivity index (χ3v) is 5.63. The quantitative estimate of drug-likeness (QED) is 0.446. The number of hydrogen-bond donors (Lipinski definition) is 0. The first-order valence-electron chi connectivity index (χ1n) is 10.2. The van der Waals surface area contributed by atoms with E-state index >= 15 is 0 Å². The number of para-hydroxylation sites is 1. The number of thioether (sulfide) groups is 1. The molecular formula is C23H24N2O5S. The Labute approximate surface area is 185 Å². The van der Waals surface area contributed by atoms with Crippen LogP contribution in [0.2, 0.25) is 0 Å². The third kappa shape index (κ3) is 4.86. The van der Waals surface area contributed by atoms with E-state index in [9.17, 15) is 4.79 Å². The largest absolute Gasteiger partial charge is 0.493 e. The summed E-state index contributed by atoms with van der Waals surface area (Å²) >= 11 is 1.34. The van der Waals surface area contributed by atoms with Gasteiger partial charge in [-0.3, -0.25) is 9.69 Å². The fourth-order valence-electron chi connectivity index (χ4n) is 3.18. The van der Waals surface area contributed by atoms with Crippen LogP contribution < -0.4 is 14.2 Å². The zero-order valence-electron chi connectivity index (χ0n) is 17.5. The molecule has 0 unspecified atom stereocenters. The van der Waals surface area contributed by atoms with Gasteiger partial charge in [-0.1, -0.05) is 18.2 Å². The van der Waals surface area contributed by atoms with Crippen LogP contribution >= 0.6 is 11.8 Å². The van der Waals surface area contributed by atoms with Crippen molar-refractivity contribution >= 4 is 34.6 Å². The first kappa shape index (κ1) is 21.3. The molecule has 4 rings (SSSR count). The summed E-state index contributed by atoms with van der Waals surface area (Å²) in [4.78, 5) is 20.1. The Morgan fingerprint density at radius 2 is 1.90 bits per heavy atom. The minimum absolute atomic E-state index is 0.112. The van der Waals surface area contributed by atoms with Crippen molar-refractivity contribution < 1.29 is 23.7 Å². The van der Waals surface area contributed by atoms with Crippen molar-refractivity contribution in [3.63, 3.8) is 0 Å². The van der Waals surface area contributed by atoms with Crippen LogP contribution in [0, 0.1) is 0 Å². The average molecular weight is 441 g/mol. The predicted octanol–water partition coefficient (Wildman–Crippen LogP) is 4.45. The lowest BCUT2D eigenvalue weighted by Crippen LogP contribution is -2.32. The number of benzene rings is 2. The third-order valence-electron chi connectivity index (χ3n) is 4.62. The van der Waals surface area contributed by atoms with E-state index in [1.807, 2.05) is 56.3 Å². The SMILES string of the molecule is CCOCCN1C(=O)/C(=C\c2cc3c(cc2OCC)OCO3)SC1=Nc1ccccc1. The maximum absolute atomic E-state index is 13.2. The Morgan fingerprint density at radius 1 is 1.13 bits per heavy atom. The molecule has 0 N–H and O–H groups in total. The number of ether oxygens (including phenoxy) is 4. The minimum atomic E-state index is -0.112. The number of amides is 1. The molecule has 8 heteroatoms. The molecule has 0 atom stereocenters. The van der Waals surface area contributed by atoms with Gasteiger partial charge < -0.3 is 18.9 Å². The lowest BCUT2D eigenvalue weighted by molar-refractivity contribution is -0.122. The summed E-state index contributed by atoms with van der Waals surface area (Å²) in [5.74, 6) is 1.80. The number of carbonyl (C=O) groups excluding carboxylic acids is 1. The molecule has 0 aromatic heterocycles. The molecule has 7 nitrogen and oxygen atoms in total. The van der Waals surface area contributed by atoms with Crippen LogP contribution in [-0.4, -0.2) is 49.1 Å². The Morgan fingerprint density at radius 3 is 2.65 bits per heavy atom. The molecule has 0 radical (unpaired) electrons. The van der Waals surface area contributed by atoms with Crippen LogP contribution in [0.25, 0.3) is 6.08 Å². The number of hydrogen-bond acceptors (Lipinski definition) is 7. The van der Waals surface area contributed by atoms with Crippen LogP contribution in [0.3, 0.4) is 0 Å². The van der Waals surface area contributed by atoms with Gasteiger partial charge in [-0.2, -0.15) is 0 Å². The van der Waals surface area contributed by atoms with Gasteiger partial charge >= 0.3 is 0 Å². The first-order chi connectivity index (χ1) is 15.2. The zero-order valence-corrected chi connectivity index (χ0v) is 18.3. The maximum Gasteiger partial charge on any atom is 0.266 e. The topological polar surface area (TPSA) is 69.6 Å². The lowest BCUT2D eigenvalue weighted by Gasteiger charge is -2.15. The summed E-state index contributed by atoms with van der Waals surface area (Å²) < 4.78 is 22.2. The van der Waals surface area contributed by atoms with Crippen molar-refractivity contribution in [3.8, 4) is 17.2 Å². The number of rotatable bonds is 8. The number of amidine groups is 1. The average Bonchev–Trinajstić information content (AvgIpc) is 3.34. The Balaban J connectivity index is 1.67. The smallest absolute Gasteiger partial charge is 0.266 e. The van der Waals surface area contributed by atoms with Gasteiger partial charge in [0.25, 0.3) is 5.91 Å². The molecule has 2 aliphatic heterocycles. The summed E-state index contributed by atoms with van der Waals surface area (Å²) in [5.41, 5.74) is 1.55. The summed E-state index contributed by atoms with van der Waals surface area (Å²) in [5, 5.41) is 0.626. The second kappa shape index (κ2) is 9.89. The Kier molecular flexibility index (Phi) is 6.79. The van der Waals surface area contributed by atoms with Crippen molar-refractivity contribution in [2.75, 3.05) is 33.2 Å². The number of nitrogens with zero attached hydrogens (tertiary/aromatic N) is 2. The summed E-state index contributed by atoms with van der Waals surface area (Å²) in [6.07, 6.45) is 1.82. The monoisotopic (exact) mass is 440 g/mol. The molecule has 0 aliphatic carbocycles. The molecule has 0 spiro atoms. The summed E-state index contributed by atoms with van der Waals surface area (Å²) in [6.45, 7) is 5.99. The van der Waals surface area contributed by atoms with Gasteiger partial charge in [0, 0.05) is 18.2 Å². The van der Waals surface area contributed by atoms with Crippen LogP contribution in [0.15, 0.2) is 52.4 Å². The minimum Gasteiger partial charge on any atom is -0.493 e. The normalized spacial score (nSPS) is 17.7. The van der Waals surface area contributed by atoms with Crippen molar-refractivity contribution in [2.45, 2.75) is 13.8 Å². The molecule has 31 heavy (non-hydrogen) atoms. The molecular weight excluding hydrogens is 416 g/mol. The highest BCUT2D eigenvalue weighted by molar-refractivity contribution is 8.18. The number of carbonyl (C=O) groups is 1. The molecule has 0 bridgehead atoms. The van der Waals surface area contributed by atoms with Gasteiger partial charge in [0.05, 0.1) is 30.4 Å². The second-order valence-corrected chi connectivity index (χ2v) is 7.68. The van der Waals surface area contributed by atoms with E-state index in [4.69, 9.17) is 18.9 Å². The van der Waals surface area contributed by atoms with Crippen LogP contribution in [0.1, 0.15) is 19.4 Å². The molecule has 1 fully saturated rings. The van der Waals surface area contributed by atoms with E-state index < -0.39 is 0 Å². The molecule has 2 heterocycles. The number of aliphatic imine (C=N–C) groups is 1. The van der Waals surface area contributed by atoms with Gasteiger partial charge in [0.2, 0.25) is 6.79 Å². The van der Waals surface area contributed by atoms with Crippen molar-refractivity contribution in [3.05, 3.63) is 52.9 Å². The van der Waals surface area contributed by atoms with Gasteiger partial charge in [-0.05, 0) is 49.9 Å². The van der Waals surface area contributed by atoms with E-state index in [0.717, 1.165) is 11.3 Å². The van der Waals surface area contributed by atoms with Gasteiger partial charge in [-0.15, -0.1) is 0 Å². The Bertz CT molecular complexity index is 1010. The van der Waals surface area contributed by atoms with Gasteiger partial charge in [-0.25, -0.2) is 4.99 Å². The predicted molar refractivity (Wildman–Crippen MR) is 121 cm³/mol. The van der Waals surface area contributed by atoms with Gasteiger partial charge in [0.15, 0.2) is 16.7 Å². The summed E-state index contributed by atoms with van der Waals surface area (Å²) in [7, 11) is 0. The van der Waals surface area contributed by atoms with E-state index in [-0.39, 0.29) is 12.7 Å². The van der Waals surface area contributed by atoms with Crippen molar-refractivity contribution in [2.24, 2.45) is 4.99 Å². The fourth-order valence-corrected chi connectivity index (χ4v) is 4.19. The highest BCUT2D eigenvalue weighted by atomic mass is 32.2. The van der Waals surface area contributed by atoms with Crippen molar-refractivity contribution in [1.82, 2.24) is 4.90 Å². The van der Waals surface area contributed by atoms with Crippen LogP contribution in [-0.2, 0) is 9.53 Å². The van der Waals surface area contributed by atoms with E-state index in [1.165, 1.54) is 11.8 Å². The molecule has 2 aromatic carbocycles. The van der Waals surface area contributed by atoms with E-state index in [1.54, 1.807) is 11.0 Å². The lowest BCUT2D eigenvalue weighted by atomic mass is 10.1. The zero-order chi connectivity index (χ0) is 21.6. The molecule has 0 saturated carbocycles. The molecule has 1 amide bonds. The van der Waals surface area contributed by atoms with Gasteiger partial charge in [0.1, 0.15) is 5.75 Å². The van der Waals surface area contributed by atoms with Crippen molar-refractivity contribution in [1.29, 1.82) is 0 Å².